The first-order valence-electron chi connectivity index (χ1n) is 7.44. The molecule has 134 valence electrons. The predicted octanol–water partition coefficient (Wildman–Crippen LogP) is 3.67. The van der Waals surface area contributed by atoms with Crippen LogP contribution in [-0.4, -0.2) is 30.4 Å². The number of halogens is 3. The number of urea groups is 1. The van der Waals surface area contributed by atoms with Crippen molar-refractivity contribution in [1.82, 2.24) is 5.32 Å². The minimum atomic E-state index is -2.98. The van der Waals surface area contributed by atoms with Gasteiger partial charge in [0.15, 0.2) is 0 Å². The molecule has 8 heteroatoms. The van der Waals surface area contributed by atoms with Gasteiger partial charge in [-0.15, -0.1) is 0 Å². The SMILES string of the molecule is O=C(Nc1ccc(OC(F)F)c(Cl)c1)NC(CO)Cc1ccccc1. The lowest BCUT2D eigenvalue weighted by Crippen LogP contribution is -2.41. The monoisotopic (exact) mass is 370 g/mol. The maximum Gasteiger partial charge on any atom is 0.387 e. The Hall–Kier alpha value is -2.38. The van der Waals surface area contributed by atoms with E-state index in [1.165, 1.54) is 18.2 Å². The molecular formula is C17H17ClF2N2O3. The fourth-order valence-corrected chi connectivity index (χ4v) is 2.41. The van der Waals surface area contributed by atoms with Crippen molar-refractivity contribution in [3.63, 3.8) is 0 Å². The van der Waals surface area contributed by atoms with Gasteiger partial charge in [-0.25, -0.2) is 4.79 Å². The maximum absolute atomic E-state index is 12.2. The number of amides is 2. The van der Waals surface area contributed by atoms with E-state index >= 15 is 0 Å². The summed E-state index contributed by atoms with van der Waals surface area (Å²) in [4.78, 5) is 12.0. The van der Waals surface area contributed by atoms with Crippen molar-refractivity contribution in [2.45, 2.75) is 19.1 Å². The summed E-state index contributed by atoms with van der Waals surface area (Å²) in [6, 6.07) is 12.3. The fourth-order valence-electron chi connectivity index (χ4n) is 2.18. The summed E-state index contributed by atoms with van der Waals surface area (Å²) in [6.07, 6.45) is 0.465. The van der Waals surface area contributed by atoms with Gasteiger partial charge in [0.05, 0.1) is 17.7 Å². The lowest BCUT2D eigenvalue weighted by atomic mass is 10.1. The molecule has 0 saturated heterocycles. The molecule has 0 aliphatic carbocycles. The molecule has 3 N–H and O–H groups in total. The second kappa shape index (κ2) is 9.19. The van der Waals surface area contributed by atoms with E-state index in [1.54, 1.807) is 0 Å². The van der Waals surface area contributed by atoms with Crippen molar-refractivity contribution in [1.29, 1.82) is 0 Å². The molecule has 25 heavy (non-hydrogen) atoms. The van der Waals surface area contributed by atoms with Gasteiger partial charge in [-0.2, -0.15) is 8.78 Å². The minimum absolute atomic E-state index is 0.0545. The average Bonchev–Trinajstić information content (AvgIpc) is 2.57. The predicted molar refractivity (Wildman–Crippen MR) is 91.3 cm³/mol. The highest BCUT2D eigenvalue weighted by Crippen LogP contribution is 2.28. The minimum Gasteiger partial charge on any atom is -0.433 e. The van der Waals surface area contributed by atoms with Crippen molar-refractivity contribution in [2.75, 3.05) is 11.9 Å². The number of benzene rings is 2. The van der Waals surface area contributed by atoms with E-state index in [0.29, 0.717) is 12.1 Å². The Bertz CT molecular complexity index is 702. The molecule has 2 aromatic carbocycles. The lowest BCUT2D eigenvalue weighted by molar-refractivity contribution is -0.0497. The number of nitrogens with one attached hydrogen (secondary N) is 2. The quantitative estimate of drug-likeness (QED) is 0.696. The Labute approximate surface area is 148 Å². The second-order valence-corrected chi connectivity index (χ2v) is 5.60. The summed E-state index contributed by atoms with van der Waals surface area (Å²) in [6.45, 7) is -3.22. The molecule has 0 spiro atoms. The summed E-state index contributed by atoms with van der Waals surface area (Å²) in [5.74, 6) is -0.181. The van der Waals surface area contributed by atoms with E-state index in [-0.39, 0.29) is 17.4 Å². The first-order chi connectivity index (χ1) is 12.0. The molecule has 1 atom stereocenters. The highest BCUT2D eigenvalue weighted by Gasteiger charge is 2.14. The van der Waals surface area contributed by atoms with Crippen LogP contribution in [0.25, 0.3) is 0 Å². The highest BCUT2D eigenvalue weighted by atomic mass is 35.5. The first kappa shape index (κ1) is 19.0. The Kier molecular flexibility index (Phi) is 6.97. The highest BCUT2D eigenvalue weighted by molar-refractivity contribution is 6.32. The van der Waals surface area contributed by atoms with Gasteiger partial charge < -0.3 is 20.5 Å². The number of alkyl halides is 2. The summed E-state index contributed by atoms with van der Waals surface area (Å²) in [5.41, 5.74) is 1.28. The number of hydrogen-bond acceptors (Lipinski definition) is 3. The standard InChI is InChI=1S/C17H17ClF2N2O3/c18-14-9-12(6-7-15(14)25-16(19)20)21-17(24)22-13(10-23)8-11-4-2-1-3-5-11/h1-7,9,13,16,23H,8,10H2,(H2,21,22,24). The second-order valence-electron chi connectivity index (χ2n) is 5.19. The van der Waals surface area contributed by atoms with Crippen LogP contribution < -0.4 is 15.4 Å². The van der Waals surface area contributed by atoms with Gasteiger partial charge in [0.1, 0.15) is 5.75 Å². The molecular weight excluding hydrogens is 354 g/mol. The van der Waals surface area contributed by atoms with E-state index in [1.807, 2.05) is 30.3 Å². The normalized spacial score (nSPS) is 11.9. The zero-order valence-corrected chi connectivity index (χ0v) is 13.8. The third-order valence-corrected chi connectivity index (χ3v) is 3.58. The van der Waals surface area contributed by atoms with Crippen LogP contribution in [-0.2, 0) is 6.42 Å². The number of rotatable bonds is 7. The molecule has 2 rings (SSSR count). The Morgan fingerprint density at radius 1 is 1.20 bits per heavy atom. The van der Waals surface area contributed by atoms with Crippen molar-refractivity contribution >= 4 is 23.3 Å². The number of carbonyl (C=O) groups is 1. The Morgan fingerprint density at radius 3 is 2.52 bits per heavy atom. The molecule has 2 amide bonds. The van der Waals surface area contributed by atoms with Crippen LogP contribution in [0.3, 0.4) is 0 Å². The largest absolute Gasteiger partial charge is 0.433 e. The number of hydrogen-bond donors (Lipinski definition) is 3. The molecule has 0 bridgehead atoms. The first-order valence-corrected chi connectivity index (χ1v) is 7.82. The van der Waals surface area contributed by atoms with E-state index in [4.69, 9.17) is 11.6 Å². The molecule has 0 aromatic heterocycles. The van der Waals surface area contributed by atoms with Crippen LogP contribution in [0.1, 0.15) is 5.56 Å². The third kappa shape index (κ3) is 6.21. The molecule has 2 aromatic rings. The van der Waals surface area contributed by atoms with Crippen LogP contribution in [0.5, 0.6) is 5.75 Å². The number of anilines is 1. The average molecular weight is 371 g/mol. The van der Waals surface area contributed by atoms with Gasteiger partial charge in [0, 0.05) is 5.69 Å². The van der Waals surface area contributed by atoms with Gasteiger partial charge in [-0.05, 0) is 30.2 Å². The van der Waals surface area contributed by atoms with Crippen LogP contribution in [0.4, 0.5) is 19.3 Å². The van der Waals surface area contributed by atoms with Crippen molar-refractivity contribution in [2.24, 2.45) is 0 Å². The van der Waals surface area contributed by atoms with Crippen LogP contribution >= 0.6 is 11.6 Å². The summed E-state index contributed by atoms with van der Waals surface area (Å²) >= 11 is 5.83. The zero-order valence-electron chi connectivity index (χ0n) is 13.1. The van der Waals surface area contributed by atoms with Gasteiger partial charge in [-0.1, -0.05) is 41.9 Å². The molecule has 0 radical (unpaired) electrons. The number of aliphatic hydroxyl groups is 1. The summed E-state index contributed by atoms with van der Waals surface area (Å²) < 4.78 is 28.6. The molecule has 0 aliphatic heterocycles. The van der Waals surface area contributed by atoms with E-state index < -0.39 is 18.7 Å². The number of carbonyl (C=O) groups excluding carboxylic acids is 1. The van der Waals surface area contributed by atoms with E-state index in [2.05, 4.69) is 15.4 Å². The van der Waals surface area contributed by atoms with Crippen LogP contribution in [0, 0.1) is 0 Å². The topological polar surface area (TPSA) is 70.6 Å². The lowest BCUT2D eigenvalue weighted by Gasteiger charge is -2.17. The van der Waals surface area contributed by atoms with Gasteiger partial charge in [0.25, 0.3) is 0 Å². The molecule has 0 aliphatic rings. The molecule has 0 heterocycles. The third-order valence-electron chi connectivity index (χ3n) is 3.29. The number of aliphatic hydroxyl groups excluding tert-OH is 1. The molecule has 0 fully saturated rings. The number of ether oxygens (including phenoxy) is 1. The van der Waals surface area contributed by atoms with Crippen molar-refractivity contribution in [3.05, 3.63) is 59.1 Å². The molecule has 1 unspecified atom stereocenters. The van der Waals surface area contributed by atoms with Crippen molar-refractivity contribution < 1.29 is 23.4 Å². The van der Waals surface area contributed by atoms with E-state index in [9.17, 15) is 18.7 Å². The van der Waals surface area contributed by atoms with Crippen LogP contribution in [0.2, 0.25) is 5.02 Å². The maximum atomic E-state index is 12.2. The summed E-state index contributed by atoms with van der Waals surface area (Å²) in [7, 11) is 0. The van der Waals surface area contributed by atoms with Gasteiger partial charge in [0.2, 0.25) is 0 Å². The Balaban J connectivity index is 1.93. The molecule has 0 saturated carbocycles. The Morgan fingerprint density at radius 2 is 1.92 bits per heavy atom. The smallest absolute Gasteiger partial charge is 0.387 e. The van der Waals surface area contributed by atoms with Crippen molar-refractivity contribution in [3.8, 4) is 5.75 Å². The fraction of sp³-hybridized carbons (Fsp3) is 0.235. The summed E-state index contributed by atoms with van der Waals surface area (Å²) in [5, 5.41) is 14.5. The molecule has 5 nitrogen and oxygen atoms in total. The van der Waals surface area contributed by atoms with Gasteiger partial charge in [-0.3, -0.25) is 0 Å². The zero-order chi connectivity index (χ0) is 18.2. The van der Waals surface area contributed by atoms with Crippen LogP contribution in [0.15, 0.2) is 48.5 Å². The van der Waals surface area contributed by atoms with E-state index in [0.717, 1.165) is 5.56 Å². The van der Waals surface area contributed by atoms with Gasteiger partial charge >= 0.3 is 12.6 Å².